The molecular weight excluding hydrogens is 282 g/mol. The highest BCUT2D eigenvalue weighted by molar-refractivity contribution is 5.99. The lowest BCUT2D eigenvalue weighted by Crippen LogP contribution is -2.19. The summed E-state index contributed by atoms with van der Waals surface area (Å²) in [7, 11) is 1.81. The molecule has 1 heterocycles. The van der Waals surface area contributed by atoms with E-state index in [1.165, 1.54) is 24.3 Å². The van der Waals surface area contributed by atoms with Crippen molar-refractivity contribution in [1.29, 1.82) is 0 Å². The molecule has 0 aliphatic heterocycles. The Labute approximate surface area is 119 Å². The molecule has 0 saturated heterocycles. The van der Waals surface area contributed by atoms with Gasteiger partial charge in [0.2, 0.25) is 0 Å². The van der Waals surface area contributed by atoms with E-state index in [0.717, 1.165) is 5.82 Å². The number of ether oxygens (including phenoxy) is 1. The number of aryl methyl sites for hydroxylation is 2. The number of hydrogen-bond donors (Lipinski definition) is 2. The predicted octanol–water partition coefficient (Wildman–Crippen LogP) is 2.97. The highest BCUT2D eigenvalue weighted by atomic mass is 19.3. The lowest BCUT2D eigenvalue weighted by Gasteiger charge is -2.07. The molecule has 6 nitrogen and oxygen atoms in total. The third-order valence-electron chi connectivity index (χ3n) is 2.69. The van der Waals surface area contributed by atoms with E-state index in [4.69, 9.17) is 0 Å². The largest absolute Gasteiger partial charge is 0.435 e. The Kier molecular flexibility index (Phi) is 4.36. The van der Waals surface area contributed by atoms with Crippen molar-refractivity contribution in [3.8, 4) is 5.75 Å². The number of anilines is 2. The van der Waals surface area contributed by atoms with E-state index < -0.39 is 12.6 Å². The van der Waals surface area contributed by atoms with Crippen LogP contribution in [0.3, 0.4) is 0 Å². The molecule has 0 aliphatic carbocycles. The monoisotopic (exact) mass is 296 g/mol. The standard InChI is InChI=1S/C13H14F2N4O2/c1-8-16-11(7-19(8)2)18-13(20)17-9-3-5-10(6-4-9)21-12(14)15/h3-7,12H,1-2H3,(H2,17,18,20). The number of carbonyl (C=O) groups is 1. The number of hydrogen-bond acceptors (Lipinski definition) is 3. The van der Waals surface area contributed by atoms with Gasteiger partial charge in [0.05, 0.1) is 0 Å². The molecule has 2 N–H and O–H groups in total. The molecule has 0 atom stereocenters. The zero-order chi connectivity index (χ0) is 15.4. The molecule has 0 saturated carbocycles. The highest BCUT2D eigenvalue weighted by Gasteiger charge is 2.07. The van der Waals surface area contributed by atoms with E-state index in [1.54, 1.807) is 10.8 Å². The average molecular weight is 296 g/mol. The minimum Gasteiger partial charge on any atom is -0.435 e. The van der Waals surface area contributed by atoms with Crippen LogP contribution in [-0.2, 0) is 7.05 Å². The van der Waals surface area contributed by atoms with E-state index in [0.29, 0.717) is 11.5 Å². The number of benzene rings is 1. The van der Waals surface area contributed by atoms with Crippen molar-refractivity contribution < 1.29 is 18.3 Å². The van der Waals surface area contributed by atoms with Gasteiger partial charge in [-0.15, -0.1) is 0 Å². The van der Waals surface area contributed by atoms with E-state index >= 15 is 0 Å². The molecule has 112 valence electrons. The summed E-state index contributed by atoms with van der Waals surface area (Å²) < 4.78 is 30.0. The molecule has 21 heavy (non-hydrogen) atoms. The van der Waals surface area contributed by atoms with Crippen molar-refractivity contribution in [2.45, 2.75) is 13.5 Å². The number of halogens is 2. The van der Waals surface area contributed by atoms with Crippen molar-refractivity contribution >= 4 is 17.5 Å². The van der Waals surface area contributed by atoms with Crippen molar-refractivity contribution in [2.75, 3.05) is 10.6 Å². The fraction of sp³-hybridized carbons (Fsp3) is 0.231. The van der Waals surface area contributed by atoms with Crippen molar-refractivity contribution in [1.82, 2.24) is 9.55 Å². The lowest BCUT2D eigenvalue weighted by atomic mass is 10.3. The fourth-order valence-electron chi connectivity index (χ4n) is 1.62. The number of imidazole rings is 1. The van der Waals surface area contributed by atoms with Crippen LogP contribution in [0.1, 0.15) is 5.82 Å². The molecule has 0 fully saturated rings. The van der Waals surface area contributed by atoms with Crippen molar-refractivity contribution in [3.63, 3.8) is 0 Å². The van der Waals surface area contributed by atoms with Gasteiger partial charge in [-0.05, 0) is 31.2 Å². The molecule has 2 amide bonds. The molecule has 0 unspecified atom stereocenters. The summed E-state index contributed by atoms with van der Waals surface area (Å²) in [6, 6.07) is 5.12. The quantitative estimate of drug-likeness (QED) is 0.911. The Morgan fingerprint density at radius 1 is 1.29 bits per heavy atom. The minimum atomic E-state index is -2.88. The summed E-state index contributed by atoms with van der Waals surface area (Å²) in [6.45, 7) is -1.07. The Balaban J connectivity index is 1.93. The van der Waals surface area contributed by atoms with E-state index in [-0.39, 0.29) is 5.75 Å². The first-order chi connectivity index (χ1) is 9.94. The number of urea groups is 1. The molecular formula is C13H14F2N4O2. The van der Waals surface area contributed by atoms with Crippen LogP contribution in [0.15, 0.2) is 30.5 Å². The third kappa shape index (κ3) is 4.16. The molecule has 1 aromatic heterocycles. The topological polar surface area (TPSA) is 68.2 Å². The van der Waals surface area contributed by atoms with Gasteiger partial charge in [-0.1, -0.05) is 0 Å². The number of amides is 2. The smallest absolute Gasteiger partial charge is 0.387 e. The van der Waals surface area contributed by atoms with Gasteiger partial charge in [-0.3, -0.25) is 5.32 Å². The maximum absolute atomic E-state index is 12.0. The zero-order valence-corrected chi connectivity index (χ0v) is 11.4. The van der Waals surface area contributed by atoms with Gasteiger partial charge in [-0.2, -0.15) is 8.78 Å². The maximum atomic E-state index is 12.0. The predicted molar refractivity (Wildman–Crippen MR) is 73.7 cm³/mol. The summed E-state index contributed by atoms with van der Waals surface area (Å²) in [5, 5.41) is 5.12. The van der Waals surface area contributed by atoms with Crippen molar-refractivity contribution in [3.05, 3.63) is 36.3 Å². The fourth-order valence-corrected chi connectivity index (χ4v) is 1.62. The first-order valence-electron chi connectivity index (χ1n) is 6.07. The Morgan fingerprint density at radius 2 is 1.95 bits per heavy atom. The minimum absolute atomic E-state index is 0.0244. The van der Waals surface area contributed by atoms with E-state index in [1.807, 2.05) is 14.0 Å². The molecule has 0 radical (unpaired) electrons. The lowest BCUT2D eigenvalue weighted by molar-refractivity contribution is -0.0498. The molecule has 8 heteroatoms. The van der Waals surface area contributed by atoms with Gasteiger partial charge in [0.25, 0.3) is 0 Å². The Morgan fingerprint density at radius 3 is 2.48 bits per heavy atom. The summed E-state index contributed by atoms with van der Waals surface area (Å²) in [6.07, 6.45) is 1.68. The molecule has 2 aromatic rings. The molecule has 2 rings (SSSR count). The van der Waals surface area contributed by atoms with Gasteiger partial charge in [0.1, 0.15) is 11.6 Å². The first kappa shape index (κ1) is 14.8. The number of carbonyl (C=O) groups excluding carboxylic acids is 1. The first-order valence-corrected chi connectivity index (χ1v) is 6.07. The molecule has 1 aromatic carbocycles. The van der Waals surface area contributed by atoms with Gasteiger partial charge in [0, 0.05) is 18.9 Å². The van der Waals surface area contributed by atoms with Gasteiger partial charge in [-0.25, -0.2) is 9.78 Å². The molecule has 0 spiro atoms. The van der Waals surface area contributed by atoms with Crippen molar-refractivity contribution in [2.24, 2.45) is 7.05 Å². The second kappa shape index (κ2) is 6.21. The molecule has 0 aliphatic rings. The third-order valence-corrected chi connectivity index (χ3v) is 2.69. The van der Waals surface area contributed by atoms with Crippen LogP contribution < -0.4 is 15.4 Å². The zero-order valence-electron chi connectivity index (χ0n) is 11.4. The summed E-state index contributed by atoms with van der Waals surface area (Å²) in [4.78, 5) is 15.9. The number of rotatable bonds is 4. The second-order valence-electron chi connectivity index (χ2n) is 4.27. The number of alkyl halides is 2. The number of nitrogens with zero attached hydrogens (tertiary/aromatic N) is 2. The van der Waals surface area contributed by atoms with Crippen LogP contribution in [-0.4, -0.2) is 22.2 Å². The summed E-state index contributed by atoms with van der Waals surface area (Å²) in [5.41, 5.74) is 0.446. The SMILES string of the molecule is Cc1nc(NC(=O)Nc2ccc(OC(F)F)cc2)cn1C. The number of nitrogens with one attached hydrogen (secondary N) is 2. The maximum Gasteiger partial charge on any atom is 0.387 e. The van der Waals surface area contributed by atoms with E-state index in [2.05, 4.69) is 20.4 Å². The van der Waals surface area contributed by atoms with E-state index in [9.17, 15) is 13.6 Å². The number of aromatic nitrogens is 2. The average Bonchev–Trinajstić information content (AvgIpc) is 2.70. The highest BCUT2D eigenvalue weighted by Crippen LogP contribution is 2.18. The van der Waals surface area contributed by atoms with Gasteiger partial charge in [0.15, 0.2) is 5.82 Å². The van der Waals surface area contributed by atoms with Crippen LogP contribution in [0.2, 0.25) is 0 Å². The van der Waals surface area contributed by atoms with Crippen LogP contribution in [0.4, 0.5) is 25.1 Å². The molecule has 0 bridgehead atoms. The van der Waals surface area contributed by atoms with Crippen LogP contribution in [0.5, 0.6) is 5.75 Å². The van der Waals surface area contributed by atoms with Gasteiger partial charge < -0.3 is 14.6 Å². The van der Waals surface area contributed by atoms with Crippen LogP contribution in [0, 0.1) is 6.92 Å². The van der Waals surface area contributed by atoms with Gasteiger partial charge >= 0.3 is 12.6 Å². The summed E-state index contributed by atoms with van der Waals surface area (Å²) in [5.74, 6) is 1.21. The second-order valence-corrected chi connectivity index (χ2v) is 4.27. The normalized spacial score (nSPS) is 10.5. The van der Waals surface area contributed by atoms with Crippen LogP contribution in [0.25, 0.3) is 0 Å². The Hall–Kier alpha value is -2.64. The van der Waals surface area contributed by atoms with Crippen LogP contribution >= 0.6 is 0 Å². The summed E-state index contributed by atoms with van der Waals surface area (Å²) >= 11 is 0. The Bertz CT molecular complexity index is 606.